The van der Waals surface area contributed by atoms with Gasteiger partial charge < -0.3 is 10.1 Å². The number of amides is 1. The predicted molar refractivity (Wildman–Crippen MR) is 86.5 cm³/mol. The summed E-state index contributed by atoms with van der Waals surface area (Å²) in [7, 11) is 0. The van der Waals surface area contributed by atoms with Crippen LogP contribution < -0.4 is 5.32 Å². The first-order chi connectivity index (χ1) is 11.4. The van der Waals surface area contributed by atoms with Gasteiger partial charge in [-0.05, 0) is 36.8 Å². The SMILES string of the molecule is CC(=O)Nc1ccc(C(=O)COC(=O)c2ccccc2C)c(F)c1. The molecule has 24 heavy (non-hydrogen) atoms. The topological polar surface area (TPSA) is 72.5 Å². The van der Waals surface area contributed by atoms with E-state index in [9.17, 15) is 18.8 Å². The maximum Gasteiger partial charge on any atom is 0.338 e. The molecule has 0 saturated heterocycles. The normalized spacial score (nSPS) is 10.1. The van der Waals surface area contributed by atoms with Gasteiger partial charge in [0.1, 0.15) is 5.82 Å². The number of nitrogens with one attached hydrogen (secondary N) is 1. The van der Waals surface area contributed by atoms with Gasteiger partial charge in [-0.25, -0.2) is 9.18 Å². The van der Waals surface area contributed by atoms with E-state index in [2.05, 4.69) is 5.32 Å². The zero-order chi connectivity index (χ0) is 17.7. The Morgan fingerprint density at radius 2 is 1.79 bits per heavy atom. The van der Waals surface area contributed by atoms with Gasteiger partial charge in [-0.15, -0.1) is 0 Å². The van der Waals surface area contributed by atoms with Crippen molar-refractivity contribution in [3.8, 4) is 0 Å². The van der Waals surface area contributed by atoms with Crippen LogP contribution in [-0.2, 0) is 9.53 Å². The fourth-order valence-corrected chi connectivity index (χ4v) is 2.11. The Hall–Kier alpha value is -3.02. The van der Waals surface area contributed by atoms with Crippen molar-refractivity contribution in [1.29, 1.82) is 0 Å². The van der Waals surface area contributed by atoms with Crippen LogP contribution in [0.2, 0.25) is 0 Å². The summed E-state index contributed by atoms with van der Waals surface area (Å²) in [6.45, 7) is 2.48. The number of anilines is 1. The Kier molecular flexibility index (Phi) is 5.42. The minimum atomic E-state index is -0.793. The lowest BCUT2D eigenvalue weighted by molar-refractivity contribution is -0.114. The quantitative estimate of drug-likeness (QED) is 0.676. The maximum absolute atomic E-state index is 13.9. The van der Waals surface area contributed by atoms with Crippen molar-refractivity contribution in [2.75, 3.05) is 11.9 Å². The van der Waals surface area contributed by atoms with Gasteiger partial charge in [0.15, 0.2) is 6.61 Å². The third kappa shape index (κ3) is 4.25. The molecule has 0 spiro atoms. The number of aryl methyl sites for hydroxylation is 1. The van der Waals surface area contributed by atoms with Crippen LogP contribution in [0.15, 0.2) is 42.5 Å². The van der Waals surface area contributed by atoms with Gasteiger partial charge in [0.05, 0.1) is 11.1 Å². The Balaban J connectivity index is 2.04. The molecule has 0 saturated carbocycles. The molecule has 2 aromatic rings. The zero-order valence-electron chi connectivity index (χ0n) is 13.3. The number of ketones is 1. The largest absolute Gasteiger partial charge is 0.454 e. The number of carbonyl (C=O) groups is 3. The monoisotopic (exact) mass is 329 g/mol. The van der Waals surface area contributed by atoms with Crippen molar-refractivity contribution in [3.05, 3.63) is 65.0 Å². The van der Waals surface area contributed by atoms with Crippen LogP contribution in [-0.4, -0.2) is 24.3 Å². The highest BCUT2D eigenvalue weighted by molar-refractivity contribution is 6.00. The third-order valence-electron chi connectivity index (χ3n) is 3.29. The molecule has 0 bridgehead atoms. The Bertz CT molecular complexity index is 801. The third-order valence-corrected chi connectivity index (χ3v) is 3.29. The van der Waals surface area contributed by atoms with Crippen molar-refractivity contribution >= 4 is 23.3 Å². The second-order valence-corrected chi connectivity index (χ2v) is 5.19. The van der Waals surface area contributed by atoms with Crippen molar-refractivity contribution in [1.82, 2.24) is 0 Å². The number of ether oxygens (including phenoxy) is 1. The summed E-state index contributed by atoms with van der Waals surface area (Å²) in [5.41, 5.74) is 1.11. The van der Waals surface area contributed by atoms with Crippen molar-refractivity contribution in [3.63, 3.8) is 0 Å². The van der Waals surface area contributed by atoms with E-state index in [1.807, 2.05) is 0 Å². The van der Waals surface area contributed by atoms with Crippen LogP contribution >= 0.6 is 0 Å². The van der Waals surface area contributed by atoms with E-state index < -0.39 is 24.2 Å². The number of rotatable bonds is 5. The van der Waals surface area contributed by atoms with Gasteiger partial charge >= 0.3 is 5.97 Å². The van der Waals surface area contributed by atoms with Crippen LogP contribution in [0.25, 0.3) is 0 Å². The second-order valence-electron chi connectivity index (χ2n) is 5.19. The molecule has 1 amide bonds. The molecule has 2 rings (SSSR count). The summed E-state index contributed by atoms with van der Waals surface area (Å²) >= 11 is 0. The minimum absolute atomic E-state index is 0.207. The van der Waals surface area contributed by atoms with E-state index in [0.717, 1.165) is 11.6 Å². The highest BCUT2D eigenvalue weighted by atomic mass is 19.1. The van der Waals surface area contributed by atoms with Crippen LogP contribution in [0.4, 0.5) is 10.1 Å². The number of hydrogen-bond donors (Lipinski definition) is 1. The lowest BCUT2D eigenvalue weighted by Gasteiger charge is -2.08. The molecular weight excluding hydrogens is 313 g/mol. The molecule has 124 valence electrons. The molecule has 0 aliphatic heterocycles. The first-order valence-corrected chi connectivity index (χ1v) is 7.21. The van der Waals surface area contributed by atoms with Gasteiger partial charge in [0.2, 0.25) is 11.7 Å². The molecule has 0 heterocycles. The van der Waals surface area contributed by atoms with E-state index in [1.165, 1.54) is 19.1 Å². The first kappa shape index (κ1) is 17.3. The standard InChI is InChI=1S/C18H16FNO4/c1-11-5-3-4-6-14(11)18(23)24-10-17(22)15-8-7-13(9-16(15)19)20-12(2)21/h3-9H,10H2,1-2H3,(H,20,21). The maximum atomic E-state index is 13.9. The number of benzene rings is 2. The van der Waals surface area contributed by atoms with E-state index >= 15 is 0 Å². The summed E-state index contributed by atoms with van der Waals surface area (Å²) in [4.78, 5) is 34.9. The van der Waals surface area contributed by atoms with Crippen molar-refractivity contribution < 1.29 is 23.5 Å². The molecule has 1 N–H and O–H groups in total. The molecule has 0 atom stereocenters. The molecule has 5 nitrogen and oxygen atoms in total. The smallest absolute Gasteiger partial charge is 0.338 e. The van der Waals surface area contributed by atoms with Gasteiger partial charge in [-0.3, -0.25) is 9.59 Å². The van der Waals surface area contributed by atoms with Crippen LogP contribution in [0.3, 0.4) is 0 Å². The summed E-state index contributed by atoms with van der Waals surface area (Å²) in [5.74, 6) is -2.45. The molecule has 6 heteroatoms. The Morgan fingerprint density at radius 3 is 2.42 bits per heavy atom. The van der Waals surface area contributed by atoms with Gasteiger partial charge in [-0.2, -0.15) is 0 Å². The fourth-order valence-electron chi connectivity index (χ4n) is 2.11. The van der Waals surface area contributed by atoms with Crippen molar-refractivity contribution in [2.24, 2.45) is 0 Å². The fraction of sp³-hybridized carbons (Fsp3) is 0.167. The summed E-state index contributed by atoms with van der Waals surface area (Å²) in [6.07, 6.45) is 0. The Morgan fingerprint density at radius 1 is 1.08 bits per heavy atom. The van der Waals surface area contributed by atoms with E-state index in [1.54, 1.807) is 31.2 Å². The first-order valence-electron chi connectivity index (χ1n) is 7.21. The van der Waals surface area contributed by atoms with Crippen LogP contribution in [0, 0.1) is 12.7 Å². The zero-order valence-corrected chi connectivity index (χ0v) is 13.3. The molecule has 0 aromatic heterocycles. The van der Waals surface area contributed by atoms with Crippen LogP contribution in [0.5, 0.6) is 0 Å². The summed E-state index contributed by atoms with van der Waals surface area (Å²) in [6, 6.07) is 10.5. The summed E-state index contributed by atoms with van der Waals surface area (Å²) < 4.78 is 18.9. The lowest BCUT2D eigenvalue weighted by Crippen LogP contribution is -2.16. The molecule has 0 unspecified atom stereocenters. The lowest BCUT2D eigenvalue weighted by atomic mass is 10.1. The van der Waals surface area contributed by atoms with Crippen molar-refractivity contribution in [2.45, 2.75) is 13.8 Å². The molecular formula is C18H16FNO4. The van der Waals surface area contributed by atoms with E-state index in [0.29, 0.717) is 5.56 Å². The number of Topliss-reactive ketones (excluding diaryl/α,β-unsaturated/α-hetero) is 1. The highest BCUT2D eigenvalue weighted by Crippen LogP contribution is 2.16. The number of esters is 1. The van der Waals surface area contributed by atoms with Crippen LogP contribution in [0.1, 0.15) is 33.2 Å². The van der Waals surface area contributed by atoms with Gasteiger partial charge in [0, 0.05) is 12.6 Å². The molecule has 0 aliphatic rings. The predicted octanol–water partition coefficient (Wildman–Crippen LogP) is 3.13. The van der Waals surface area contributed by atoms with E-state index in [4.69, 9.17) is 4.74 Å². The number of hydrogen-bond acceptors (Lipinski definition) is 4. The molecule has 2 aromatic carbocycles. The summed E-state index contributed by atoms with van der Waals surface area (Å²) in [5, 5.41) is 2.41. The molecule has 0 radical (unpaired) electrons. The second kappa shape index (κ2) is 7.50. The van der Waals surface area contributed by atoms with Gasteiger partial charge in [0.25, 0.3) is 0 Å². The highest BCUT2D eigenvalue weighted by Gasteiger charge is 2.16. The minimum Gasteiger partial charge on any atom is -0.454 e. The van der Waals surface area contributed by atoms with E-state index in [-0.39, 0.29) is 17.2 Å². The number of halogens is 1. The molecule has 0 fully saturated rings. The molecule has 0 aliphatic carbocycles. The average Bonchev–Trinajstić information content (AvgIpc) is 2.52. The Labute approximate surface area is 138 Å². The average molecular weight is 329 g/mol. The van der Waals surface area contributed by atoms with Gasteiger partial charge in [-0.1, -0.05) is 18.2 Å². The number of carbonyl (C=O) groups excluding carboxylic acids is 3.